The zero-order chi connectivity index (χ0) is 14.5. The summed E-state index contributed by atoms with van der Waals surface area (Å²) in [6.45, 7) is 2.56. The quantitative estimate of drug-likeness (QED) is 0.878. The van der Waals surface area contributed by atoms with Crippen molar-refractivity contribution in [2.24, 2.45) is 0 Å². The molecule has 1 unspecified atom stereocenters. The molecule has 2 N–H and O–H groups in total. The zero-order valence-electron chi connectivity index (χ0n) is 11.6. The first-order chi connectivity index (χ1) is 9.61. The summed E-state index contributed by atoms with van der Waals surface area (Å²) >= 11 is 6.09. The van der Waals surface area contributed by atoms with Gasteiger partial charge in [0.1, 0.15) is 11.5 Å². The molecular formula is C16H18ClNO2. The molecule has 0 heterocycles. The van der Waals surface area contributed by atoms with Gasteiger partial charge >= 0.3 is 0 Å². The molecule has 0 aliphatic carbocycles. The zero-order valence-corrected chi connectivity index (χ0v) is 12.3. The summed E-state index contributed by atoms with van der Waals surface area (Å²) < 4.78 is 5.22. The van der Waals surface area contributed by atoms with Crippen LogP contribution in [0.4, 0.5) is 0 Å². The van der Waals surface area contributed by atoms with Gasteiger partial charge in [-0.1, -0.05) is 29.8 Å². The maximum absolute atomic E-state index is 9.81. The molecule has 0 fully saturated rings. The molecule has 0 aromatic heterocycles. The number of phenolic OH excluding ortho intramolecular Hbond substituents is 1. The van der Waals surface area contributed by atoms with Crippen LogP contribution in [0.5, 0.6) is 11.5 Å². The Morgan fingerprint density at radius 1 is 1.25 bits per heavy atom. The first-order valence-corrected chi connectivity index (χ1v) is 6.83. The molecule has 0 saturated carbocycles. The van der Waals surface area contributed by atoms with E-state index >= 15 is 0 Å². The highest BCUT2D eigenvalue weighted by Crippen LogP contribution is 2.26. The number of halogens is 1. The minimum Gasteiger partial charge on any atom is -0.508 e. The van der Waals surface area contributed by atoms with Gasteiger partial charge in [0.05, 0.1) is 7.11 Å². The Kier molecular flexibility index (Phi) is 4.88. The van der Waals surface area contributed by atoms with E-state index in [1.165, 1.54) is 0 Å². The van der Waals surface area contributed by atoms with Crippen molar-refractivity contribution in [3.63, 3.8) is 0 Å². The number of ether oxygens (including phenoxy) is 1. The summed E-state index contributed by atoms with van der Waals surface area (Å²) in [7, 11) is 1.65. The topological polar surface area (TPSA) is 41.5 Å². The SMILES string of the molecule is COc1cccc(C(C)NCc2c(O)cccc2Cl)c1. The van der Waals surface area contributed by atoms with Gasteiger partial charge in [0.25, 0.3) is 0 Å². The van der Waals surface area contributed by atoms with Gasteiger partial charge in [-0.25, -0.2) is 0 Å². The average molecular weight is 292 g/mol. The lowest BCUT2D eigenvalue weighted by molar-refractivity contribution is 0.413. The summed E-state index contributed by atoms with van der Waals surface area (Å²) in [6, 6.07) is 13.2. The molecular weight excluding hydrogens is 274 g/mol. The van der Waals surface area contributed by atoms with E-state index in [0.29, 0.717) is 17.1 Å². The number of hydrogen-bond acceptors (Lipinski definition) is 3. The first-order valence-electron chi connectivity index (χ1n) is 6.45. The predicted molar refractivity (Wildman–Crippen MR) is 81.4 cm³/mol. The maximum atomic E-state index is 9.81. The second kappa shape index (κ2) is 6.64. The predicted octanol–water partition coefficient (Wildman–Crippen LogP) is 3.91. The highest BCUT2D eigenvalue weighted by molar-refractivity contribution is 6.31. The Hall–Kier alpha value is -1.71. The van der Waals surface area contributed by atoms with Gasteiger partial charge in [0.15, 0.2) is 0 Å². The number of methoxy groups -OCH3 is 1. The molecule has 0 aliphatic heterocycles. The van der Waals surface area contributed by atoms with E-state index in [2.05, 4.69) is 12.2 Å². The highest BCUT2D eigenvalue weighted by atomic mass is 35.5. The van der Waals surface area contributed by atoms with E-state index in [1.807, 2.05) is 24.3 Å². The molecule has 0 amide bonds. The van der Waals surface area contributed by atoms with E-state index in [0.717, 1.165) is 11.3 Å². The molecule has 0 bridgehead atoms. The van der Waals surface area contributed by atoms with E-state index in [-0.39, 0.29) is 11.8 Å². The third-order valence-electron chi connectivity index (χ3n) is 3.27. The van der Waals surface area contributed by atoms with Gasteiger partial charge in [-0.15, -0.1) is 0 Å². The lowest BCUT2D eigenvalue weighted by atomic mass is 10.1. The smallest absolute Gasteiger partial charge is 0.121 e. The van der Waals surface area contributed by atoms with Crippen LogP contribution in [-0.4, -0.2) is 12.2 Å². The standard InChI is InChI=1S/C16H18ClNO2/c1-11(12-5-3-6-13(9-12)20-2)18-10-14-15(17)7-4-8-16(14)19/h3-9,11,18-19H,10H2,1-2H3. The van der Waals surface area contributed by atoms with Crippen LogP contribution in [-0.2, 0) is 6.54 Å². The van der Waals surface area contributed by atoms with E-state index in [9.17, 15) is 5.11 Å². The minimum atomic E-state index is 0.126. The van der Waals surface area contributed by atoms with E-state index in [4.69, 9.17) is 16.3 Å². The molecule has 0 saturated heterocycles. The van der Waals surface area contributed by atoms with Crippen LogP contribution in [0.1, 0.15) is 24.1 Å². The second-order valence-electron chi connectivity index (χ2n) is 4.62. The Balaban J connectivity index is 2.06. The van der Waals surface area contributed by atoms with Gasteiger partial charge < -0.3 is 15.2 Å². The Labute approximate surface area is 124 Å². The van der Waals surface area contributed by atoms with Crippen LogP contribution in [0.3, 0.4) is 0 Å². The van der Waals surface area contributed by atoms with Gasteiger partial charge in [0, 0.05) is 23.2 Å². The van der Waals surface area contributed by atoms with Gasteiger partial charge in [0.2, 0.25) is 0 Å². The largest absolute Gasteiger partial charge is 0.508 e. The van der Waals surface area contributed by atoms with Crippen molar-refractivity contribution in [2.45, 2.75) is 19.5 Å². The van der Waals surface area contributed by atoms with Crippen LogP contribution in [0.25, 0.3) is 0 Å². The monoisotopic (exact) mass is 291 g/mol. The number of hydrogen-bond donors (Lipinski definition) is 2. The molecule has 2 rings (SSSR count). The molecule has 0 aliphatic rings. The molecule has 0 radical (unpaired) electrons. The van der Waals surface area contributed by atoms with Crippen molar-refractivity contribution in [1.82, 2.24) is 5.32 Å². The third kappa shape index (κ3) is 3.44. The van der Waals surface area contributed by atoms with Crippen molar-refractivity contribution in [1.29, 1.82) is 0 Å². The summed E-state index contributed by atoms with van der Waals surface area (Å²) in [5.41, 5.74) is 1.83. The Morgan fingerprint density at radius 3 is 2.70 bits per heavy atom. The molecule has 106 valence electrons. The van der Waals surface area contributed by atoms with Gasteiger partial charge in [-0.2, -0.15) is 0 Å². The van der Waals surface area contributed by atoms with Crippen molar-refractivity contribution < 1.29 is 9.84 Å². The van der Waals surface area contributed by atoms with Crippen molar-refractivity contribution in [2.75, 3.05) is 7.11 Å². The first kappa shape index (κ1) is 14.7. The number of benzene rings is 2. The fourth-order valence-electron chi connectivity index (χ4n) is 2.01. The summed E-state index contributed by atoms with van der Waals surface area (Å²) in [5, 5.41) is 13.7. The second-order valence-corrected chi connectivity index (χ2v) is 5.02. The van der Waals surface area contributed by atoms with Crippen LogP contribution < -0.4 is 10.1 Å². The molecule has 3 nitrogen and oxygen atoms in total. The number of aromatic hydroxyl groups is 1. The fourth-order valence-corrected chi connectivity index (χ4v) is 2.24. The Bertz CT molecular complexity index is 566. The average Bonchev–Trinajstić information content (AvgIpc) is 2.46. The van der Waals surface area contributed by atoms with Gasteiger partial charge in [-0.3, -0.25) is 0 Å². The van der Waals surface area contributed by atoms with Crippen LogP contribution in [0.15, 0.2) is 42.5 Å². The summed E-state index contributed by atoms with van der Waals surface area (Å²) in [6.07, 6.45) is 0. The van der Waals surface area contributed by atoms with Gasteiger partial charge in [-0.05, 0) is 36.8 Å². The van der Waals surface area contributed by atoms with E-state index < -0.39 is 0 Å². The molecule has 20 heavy (non-hydrogen) atoms. The van der Waals surface area contributed by atoms with Crippen LogP contribution in [0.2, 0.25) is 5.02 Å². The minimum absolute atomic E-state index is 0.126. The van der Waals surface area contributed by atoms with Crippen LogP contribution in [0, 0.1) is 0 Å². The number of phenols is 1. The molecule has 1 atom stereocenters. The normalized spacial score (nSPS) is 12.2. The Morgan fingerprint density at radius 2 is 2.00 bits per heavy atom. The van der Waals surface area contributed by atoms with Crippen molar-refractivity contribution in [3.8, 4) is 11.5 Å². The third-order valence-corrected chi connectivity index (χ3v) is 3.63. The van der Waals surface area contributed by atoms with Crippen LogP contribution >= 0.6 is 11.6 Å². The lowest BCUT2D eigenvalue weighted by Gasteiger charge is -2.16. The molecule has 2 aromatic rings. The molecule has 2 aromatic carbocycles. The maximum Gasteiger partial charge on any atom is 0.121 e. The lowest BCUT2D eigenvalue weighted by Crippen LogP contribution is -2.18. The number of nitrogens with one attached hydrogen (secondary N) is 1. The highest BCUT2D eigenvalue weighted by Gasteiger charge is 2.10. The van der Waals surface area contributed by atoms with Crippen molar-refractivity contribution in [3.05, 3.63) is 58.6 Å². The molecule has 0 spiro atoms. The fraction of sp³-hybridized carbons (Fsp3) is 0.250. The van der Waals surface area contributed by atoms with Crippen molar-refractivity contribution >= 4 is 11.6 Å². The summed E-state index contributed by atoms with van der Waals surface area (Å²) in [5.74, 6) is 1.04. The van der Waals surface area contributed by atoms with E-state index in [1.54, 1.807) is 25.3 Å². The summed E-state index contributed by atoms with van der Waals surface area (Å²) in [4.78, 5) is 0. The molecule has 4 heteroatoms. The number of rotatable bonds is 5.